The molecule has 2 amide bonds. The number of ether oxygens (including phenoxy) is 1. The Morgan fingerprint density at radius 3 is 2.56 bits per heavy atom. The summed E-state index contributed by atoms with van der Waals surface area (Å²) in [7, 11) is 0. The Morgan fingerprint density at radius 2 is 1.93 bits per heavy atom. The van der Waals surface area contributed by atoms with Gasteiger partial charge in [-0.1, -0.05) is 26.5 Å². The van der Waals surface area contributed by atoms with Gasteiger partial charge in [0.25, 0.3) is 5.91 Å². The van der Waals surface area contributed by atoms with Gasteiger partial charge >= 0.3 is 6.18 Å². The minimum Gasteiger partial charge on any atom is -0.506 e. The maximum absolute atomic E-state index is 13.7. The quantitative estimate of drug-likeness (QED) is 0.455. The third-order valence-electron chi connectivity index (χ3n) is 7.30. The number of phenols is 1. The third-order valence-corrected chi connectivity index (χ3v) is 7.30. The topological polar surface area (TPSA) is 121 Å². The van der Waals surface area contributed by atoms with E-state index in [0.717, 1.165) is 23.9 Å². The molecular formula is C28H28F3N5O5. The number of carbonyl (C=O) groups excluding carboxylic acids is 2. The molecule has 2 N–H and O–H groups in total. The van der Waals surface area contributed by atoms with Crippen molar-refractivity contribution in [3.8, 4) is 23.1 Å². The Hall–Kier alpha value is -4.55. The van der Waals surface area contributed by atoms with Gasteiger partial charge in [-0.15, -0.1) is 5.10 Å². The molecule has 10 nitrogen and oxygen atoms in total. The number of phenolic OH excluding ortho intramolecular Hbond substituents is 1. The first-order valence-corrected chi connectivity index (χ1v) is 13.0. The van der Waals surface area contributed by atoms with Crippen molar-refractivity contribution in [1.29, 1.82) is 0 Å². The van der Waals surface area contributed by atoms with Crippen LogP contribution in [0.3, 0.4) is 0 Å². The van der Waals surface area contributed by atoms with E-state index in [1.165, 1.54) is 9.80 Å². The molecule has 0 saturated heterocycles. The van der Waals surface area contributed by atoms with E-state index in [0.29, 0.717) is 16.9 Å². The van der Waals surface area contributed by atoms with Crippen LogP contribution in [0.25, 0.3) is 5.69 Å². The number of alkyl halides is 3. The van der Waals surface area contributed by atoms with Gasteiger partial charge in [-0.3, -0.25) is 9.59 Å². The van der Waals surface area contributed by atoms with E-state index in [1.54, 1.807) is 16.8 Å². The maximum Gasteiger partial charge on any atom is 0.437 e. The van der Waals surface area contributed by atoms with Crippen molar-refractivity contribution in [2.45, 2.75) is 38.4 Å². The monoisotopic (exact) mass is 571 g/mol. The molecule has 2 aromatic heterocycles. The average Bonchev–Trinajstić information content (AvgIpc) is 3.27. The second-order valence-corrected chi connectivity index (χ2v) is 10.2. The average molecular weight is 572 g/mol. The second-order valence-electron chi connectivity index (χ2n) is 10.2. The van der Waals surface area contributed by atoms with E-state index in [1.807, 2.05) is 19.9 Å². The molecule has 1 atom stereocenters. The van der Waals surface area contributed by atoms with Crippen molar-refractivity contribution in [1.82, 2.24) is 24.6 Å². The lowest BCUT2D eigenvalue weighted by molar-refractivity contribution is -0.142. The molecule has 3 aromatic rings. The first kappa shape index (κ1) is 28.0. The van der Waals surface area contributed by atoms with Gasteiger partial charge in [-0.2, -0.15) is 13.2 Å². The number of amides is 2. The highest BCUT2D eigenvalue weighted by Gasteiger charge is 2.41. The molecule has 216 valence electrons. The Bertz CT molecular complexity index is 1530. The molecule has 4 heterocycles. The fourth-order valence-corrected chi connectivity index (χ4v) is 5.21. The van der Waals surface area contributed by atoms with E-state index < -0.39 is 29.6 Å². The van der Waals surface area contributed by atoms with Crippen LogP contribution < -0.4 is 4.74 Å². The summed E-state index contributed by atoms with van der Waals surface area (Å²) in [5.41, 5.74) is 0.770. The largest absolute Gasteiger partial charge is 0.506 e. The Kier molecular flexibility index (Phi) is 7.14. The normalized spacial score (nSPS) is 17.0. The van der Waals surface area contributed by atoms with E-state index in [2.05, 4.69) is 16.7 Å². The lowest BCUT2D eigenvalue weighted by Crippen LogP contribution is -2.48. The van der Waals surface area contributed by atoms with Crippen LogP contribution in [-0.4, -0.2) is 72.8 Å². The van der Waals surface area contributed by atoms with Gasteiger partial charge in [0.1, 0.15) is 23.8 Å². The summed E-state index contributed by atoms with van der Waals surface area (Å²) in [4.78, 5) is 32.5. The number of nitrogens with zero attached hydrogens (tertiary/aromatic N) is 5. The molecule has 0 bridgehead atoms. The zero-order valence-electron chi connectivity index (χ0n) is 22.4. The smallest absolute Gasteiger partial charge is 0.437 e. The number of hydrogen-bond acceptors (Lipinski definition) is 7. The lowest BCUT2D eigenvalue weighted by Gasteiger charge is -2.39. The summed E-state index contributed by atoms with van der Waals surface area (Å²) >= 11 is 0. The van der Waals surface area contributed by atoms with Gasteiger partial charge in [0.15, 0.2) is 5.69 Å². The van der Waals surface area contributed by atoms with Crippen LogP contribution in [0.4, 0.5) is 13.2 Å². The van der Waals surface area contributed by atoms with E-state index >= 15 is 0 Å². The highest BCUT2D eigenvalue weighted by atomic mass is 19.4. The Labute approximate surface area is 233 Å². The summed E-state index contributed by atoms with van der Waals surface area (Å²) < 4.78 is 46.9. The standard InChI is InChI=1S/C28H28F3N5O5/c1-4-23(39)34-9-10-41-26-24-19(36(33-26)18-6-5-16(15(2)3)11-21(18)37)7-8-35(20(24)14-34)27(40)17-12-22(38)25(32-13-17)28(29,30)31/h4-6,11-13,15,20,37-38H,1,7-10,14H2,2-3H3/t20-/m0/s1. The number of rotatable bonds is 4. The molecule has 41 heavy (non-hydrogen) atoms. The molecule has 0 radical (unpaired) electrons. The minimum atomic E-state index is -4.89. The predicted octanol–water partition coefficient (Wildman–Crippen LogP) is 3.97. The first-order chi connectivity index (χ1) is 19.4. The minimum absolute atomic E-state index is 0.00717. The van der Waals surface area contributed by atoms with Gasteiger partial charge in [0.05, 0.1) is 29.4 Å². The van der Waals surface area contributed by atoms with E-state index in [9.17, 15) is 33.0 Å². The molecule has 2 aliphatic heterocycles. The van der Waals surface area contributed by atoms with Crippen molar-refractivity contribution in [3.63, 3.8) is 0 Å². The zero-order valence-corrected chi connectivity index (χ0v) is 22.4. The molecule has 1 aromatic carbocycles. The molecule has 2 aliphatic rings. The molecule has 13 heteroatoms. The number of benzene rings is 1. The maximum atomic E-state index is 13.7. The van der Waals surface area contributed by atoms with Crippen LogP contribution in [0.2, 0.25) is 0 Å². The highest BCUT2D eigenvalue weighted by molar-refractivity contribution is 5.95. The van der Waals surface area contributed by atoms with Gasteiger partial charge in [0.2, 0.25) is 11.8 Å². The van der Waals surface area contributed by atoms with Crippen molar-refractivity contribution in [3.05, 3.63) is 71.2 Å². The molecule has 0 unspecified atom stereocenters. The van der Waals surface area contributed by atoms with Crippen LogP contribution in [0.5, 0.6) is 17.4 Å². The van der Waals surface area contributed by atoms with Crippen molar-refractivity contribution < 1.29 is 37.7 Å². The highest BCUT2D eigenvalue weighted by Crippen LogP contribution is 2.42. The second kappa shape index (κ2) is 10.5. The third kappa shape index (κ3) is 5.07. The number of aromatic nitrogens is 3. The number of aromatic hydroxyl groups is 2. The fraction of sp³-hybridized carbons (Fsp3) is 0.357. The molecular weight excluding hydrogens is 543 g/mol. The first-order valence-electron chi connectivity index (χ1n) is 13.0. The lowest BCUT2D eigenvalue weighted by atomic mass is 9.95. The predicted molar refractivity (Wildman–Crippen MR) is 140 cm³/mol. The van der Waals surface area contributed by atoms with Gasteiger partial charge in [-0.05, 0) is 35.8 Å². The van der Waals surface area contributed by atoms with Crippen LogP contribution in [-0.2, 0) is 17.4 Å². The number of halogens is 3. The van der Waals surface area contributed by atoms with E-state index in [4.69, 9.17) is 4.74 Å². The number of carbonyl (C=O) groups is 2. The fourth-order valence-electron chi connectivity index (χ4n) is 5.21. The van der Waals surface area contributed by atoms with Gasteiger partial charge < -0.3 is 24.7 Å². The molecule has 0 saturated carbocycles. The summed E-state index contributed by atoms with van der Waals surface area (Å²) in [6.45, 7) is 7.96. The zero-order chi connectivity index (χ0) is 29.6. The molecule has 0 aliphatic carbocycles. The Balaban J connectivity index is 1.60. The number of pyridine rings is 1. The molecule has 0 fully saturated rings. The Morgan fingerprint density at radius 1 is 1.17 bits per heavy atom. The van der Waals surface area contributed by atoms with Crippen molar-refractivity contribution in [2.75, 3.05) is 26.2 Å². The van der Waals surface area contributed by atoms with Crippen LogP contribution in [0, 0.1) is 0 Å². The van der Waals surface area contributed by atoms with Crippen molar-refractivity contribution >= 4 is 11.8 Å². The summed E-state index contributed by atoms with van der Waals surface area (Å²) in [6.07, 6.45) is -2.72. The van der Waals surface area contributed by atoms with E-state index in [-0.39, 0.29) is 61.7 Å². The molecule has 5 rings (SSSR count). The summed E-state index contributed by atoms with van der Waals surface area (Å²) in [6, 6.07) is 5.23. The van der Waals surface area contributed by atoms with Gasteiger partial charge in [-0.25, -0.2) is 9.67 Å². The molecule has 0 spiro atoms. The van der Waals surface area contributed by atoms with Crippen LogP contribution in [0.15, 0.2) is 43.1 Å². The summed E-state index contributed by atoms with van der Waals surface area (Å²) in [5, 5.41) is 25.5. The van der Waals surface area contributed by atoms with Gasteiger partial charge in [0, 0.05) is 25.7 Å². The SMILES string of the molecule is C=CC(=O)N1CCOc2nn(-c3ccc(C(C)C)cc3O)c3c2[C@H](C1)N(C(=O)c1cnc(C(F)(F)F)c(O)c1)CC3. The van der Waals surface area contributed by atoms with Crippen molar-refractivity contribution in [2.24, 2.45) is 0 Å². The number of hydrogen-bond donors (Lipinski definition) is 2. The van der Waals surface area contributed by atoms with Crippen LogP contribution in [0.1, 0.15) is 58.7 Å². The van der Waals surface area contributed by atoms with Crippen LogP contribution >= 0.6 is 0 Å². The summed E-state index contributed by atoms with van der Waals surface area (Å²) in [5.74, 6) is -1.83.